The highest BCUT2D eigenvalue weighted by Crippen LogP contribution is 2.39. The number of carbonyl (C=O) groups is 1. The van der Waals surface area contributed by atoms with Gasteiger partial charge in [0.05, 0.1) is 27.6 Å². The van der Waals surface area contributed by atoms with Gasteiger partial charge in [-0.1, -0.05) is 0 Å². The van der Waals surface area contributed by atoms with Crippen molar-refractivity contribution in [3.63, 3.8) is 0 Å². The second-order valence-electron chi connectivity index (χ2n) is 6.72. The van der Waals surface area contributed by atoms with Crippen LogP contribution in [-0.2, 0) is 14.8 Å². The van der Waals surface area contributed by atoms with E-state index < -0.39 is 15.6 Å². The smallest absolute Gasteiger partial charge is 0.225 e. The van der Waals surface area contributed by atoms with Crippen LogP contribution in [0.5, 0.6) is 17.2 Å². The molecule has 0 saturated carbocycles. The number of carbonyl (C=O) groups excluding carboxylic acids is 1. The van der Waals surface area contributed by atoms with Gasteiger partial charge in [0.2, 0.25) is 21.7 Å². The largest absolute Gasteiger partial charge is 0.493 e. The first-order chi connectivity index (χ1) is 11.9. The summed E-state index contributed by atoms with van der Waals surface area (Å²) in [7, 11) is 1.03. The van der Waals surface area contributed by atoms with Gasteiger partial charge in [0.1, 0.15) is 0 Å². The molecule has 0 fully saturated rings. The number of anilines is 1. The molecule has 0 aromatic heterocycles. The highest BCUT2D eigenvalue weighted by molar-refractivity contribution is 7.88. The molecule has 1 N–H and O–H groups in total. The predicted octanol–water partition coefficient (Wildman–Crippen LogP) is 2.10. The highest BCUT2D eigenvalue weighted by atomic mass is 32.2. The molecule has 9 heteroatoms. The Balaban J connectivity index is 2.91. The quantitative estimate of drug-likeness (QED) is 0.733. The van der Waals surface area contributed by atoms with Gasteiger partial charge in [-0.15, -0.1) is 0 Å². The van der Waals surface area contributed by atoms with Crippen LogP contribution in [0.2, 0.25) is 0 Å². The lowest BCUT2D eigenvalue weighted by Crippen LogP contribution is -2.46. The predicted molar refractivity (Wildman–Crippen MR) is 101 cm³/mol. The fraction of sp³-hybridized carbons (Fsp3) is 0.588. The van der Waals surface area contributed by atoms with Crippen LogP contribution in [0.4, 0.5) is 5.69 Å². The van der Waals surface area contributed by atoms with E-state index in [1.165, 1.54) is 25.6 Å². The summed E-state index contributed by atoms with van der Waals surface area (Å²) >= 11 is 0. The number of hydrogen-bond acceptors (Lipinski definition) is 6. The number of rotatable bonds is 8. The molecular weight excluding hydrogens is 360 g/mol. The molecule has 148 valence electrons. The molecule has 0 aliphatic carbocycles. The Morgan fingerprint density at radius 3 is 1.92 bits per heavy atom. The maximum atomic E-state index is 12.3. The highest BCUT2D eigenvalue weighted by Gasteiger charge is 2.29. The van der Waals surface area contributed by atoms with Crippen molar-refractivity contribution in [2.24, 2.45) is 0 Å². The van der Waals surface area contributed by atoms with Crippen LogP contribution in [-0.4, -0.2) is 58.3 Å². The molecule has 1 amide bonds. The van der Waals surface area contributed by atoms with Crippen molar-refractivity contribution in [1.29, 1.82) is 0 Å². The van der Waals surface area contributed by atoms with Crippen LogP contribution in [0.25, 0.3) is 0 Å². The lowest BCUT2D eigenvalue weighted by molar-refractivity contribution is -0.116. The SMILES string of the molecule is COc1cc(NC(=O)CCN(C(C)(C)C)S(C)(=O)=O)cc(OC)c1OC. The van der Waals surface area contributed by atoms with Crippen molar-refractivity contribution in [3.8, 4) is 17.2 Å². The molecule has 0 bridgehead atoms. The van der Waals surface area contributed by atoms with Gasteiger partial charge in [-0.05, 0) is 20.8 Å². The zero-order chi connectivity index (χ0) is 20.1. The van der Waals surface area contributed by atoms with Crippen molar-refractivity contribution < 1.29 is 27.4 Å². The summed E-state index contributed by atoms with van der Waals surface area (Å²) in [5.41, 5.74) is -0.147. The first-order valence-electron chi connectivity index (χ1n) is 8.01. The normalized spacial score (nSPS) is 12.0. The van der Waals surface area contributed by atoms with Crippen molar-refractivity contribution in [2.45, 2.75) is 32.7 Å². The average Bonchev–Trinajstić information content (AvgIpc) is 2.51. The van der Waals surface area contributed by atoms with Gasteiger partial charge in [-0.3, -0.25) is 4.79 Å². The van der Waals surface area contributed by atoms with Gasteiger partial charge in [0.15, 0.2) is 11.5 Å². The summed E-state index contributed by atoms with van der Waals surface area (Å²) in [5, 5.41) is 2.72. The molecule has 0 spiro atoms. The Bertz CT molecular complexity index is 715. The molecular formula is C17H28N2O6S. The molecule has 1 aromatic carbocycles. The Kier molecular flexibility index (Phi) is 7.28. The van der Waals surface area contributed by atoms with Gasteiger partial charge in [0, 0.05) is 36.3 Å². The molecule has 0 radical (unpaired) electrons. The van der Waals surface area contributed by atoms with Crippen LogP contribution >= 0.6 is 0 Å². The summed E-state index contributed by atoms with van der Waals surface area (Å²) < 4.78 is 40.9. The fourth-order valence-electron chi connectivity index (χ4n) is 2.58. The molecule has 0 atom stereocenters. The summed E-state index contributed by atoms with van der Waals surface area (Å²) in [6.45, 7) is 5.43. The van der Waals surface area contributed by atoms with Gasteiger partial charge >= 0.3 is 0 Å². The first-order valence-corrected chi connectivity index (χ1v) is 9.86. The van der Waals surface area contributed by atoms with E-state index in [4.69, 9.17) is 14.2 Å². The number of hydrogen-bond donors (Lipinski definition) is 1. The summed E-state index contributed by atoms with van der Waals surface area (Å²) in [6, 6.07) is 3.22. The van der Waals surface area contributed by atoms with E-state index in [9.17, 15) is 13.2 Å². The van der Waals surface area contributed by atoms with E-state index in [2.05, 4.69) is 5.32 Å². The van der Waals surface area contributed by atoms with Crippen molar-refractivity contribution >= 4 is 21.6 Å². The van der Waals surface area contributed by atoms with Gasteiger partial charge in [-0.25, -0.2) is 8.42 Å². The van der Waals surface area contributed by atoms with Crippen molar-refractivity contribution in [2.75, 3.05) is 39.4 Å². The molecule has 0 aliphatic rings. The van der Waals surface area contributed by atoms with Crippen molar-refractivity contribution in [3.05, 3.63) is 12.1 Å². The van der Waals surface area contributed by atoms with Crippen LogP contribution in [0.1, 0.15) is 27.2 Å². The van der Waals surface area contributed by atoms with E-state index in [0.717, 1.165) is 6.26 Å². The maximum Gasteiger partial charge on any atom is 0.225 e. The molecule has 8 nitrogen and oxygen atoms in total. The molecule has 0 saturated heterocycles. The number of nitrogens with one attached hydrogen (secondary N) is 1. The number of sulfonamides is 1. The van der Waals surface area contributed by atoms with Crippen LogP contribution < -0.4 is 19.5 Å². The zero-order valence-electron chi connectivity index (χ0n) is 16.4. The number of nitrogens with zero attached hydrogens (tertiary/aromatic N) is 1. The Labute approximate surface area is 155 Å². The van der Waals surface area contributed by atoms with Gasteiger partial charge in [0.25, 0.3) is 0 Å². The van der Waals surface area contributed by atoms with Crippen molar-refractivity contribution in [1.82, 2.24) is 4.31 Å². The lowest BCUT2D eigenvalue weighted by atomic mass is 10.1. The minimum Gasteiger partial charge on any atom is -0.493 e. The summed E-state index contributed by atoms with van der Waals surface area (Å²) in [6.07, 6.45) is 1.15. The minimum absolute atomic E-state index is 0.0149. The molecule has 1 rings (SSSR count). The fourth-order valence-corrected chi connectivity index (χ4v) is 4.00. The molecule has 1 aromatic rings. The Hall–Kier alpha value is -2.00. The van der Waals surface area contributed by atoms with E-state index in [1.54, 1.807) is 32.9 Å². The van der Waals surface area contributed by atoms with E-state index >= 15 is 0 Å². The zero-order valence-corrected chi connectivity index (χ0v) is 17.2. The third-order valence-corrected chi connectivity index (χ3v) is 5.17. The third kappa shape index (κ3) is 5.77. The second-order valence-corrected chi connectivity index (χ2v) is 8.62. The van der Waals surface area contributed by atoms with E-state index in [1.807, 2.05) is 0 Å². The minimum atomic E-state index is -3.42. The topological polar surface area (TPSA) is 94.2 Å². The second kappa shape index (κ2) is 8.59. The molecule has 0 unspecified atom stereocenters. The van der Waals surface area contributed by atoms with Gasteiger partial charge < -0.3 is 19.5 Å². The Morgan fingerprint density at radius 2 is 1.58 bits per heavy atom. The number of ether oxygens (including phenoxy) is 3. The number of benzene rings is 1. The third-order valence-electron chi connectivity index (χ3n) is 3.64. The maximum absolute atomic E-state index is 12.3. The first kappa shape index (κ1) is 22.0. The Morgan fingerprint density at radius 1 is 1.08 bits per heavy atom. The standard InChI is InChI=1S/C17H28N2O6S/c1-17(2,3)19(26(7,21)22)9-8-15(20)18-12-10-13(23-4)16(25-6)14(11-12)24-5/h10-11H,8-9H2,1-7H3,(H,18,20). The van der Waals surface area contributed by atoms with Gasteiger partial charge in [-0.2, -0.15) is 4.31 Å². The molecule has 26 heavy (non-hydrogen) atoms. The average molecular weight is 388 g/mol. The molecule has 0 heterocycles. The lowest BCUT2D eigenvalue weighted by Gasteiger charge is -2.33. The summed E-state index contributed by atoms with van der Waals surface area (Å²) in [5.74, 6) is 0.922. The van der Waals surface area contributed by atoms with Crippen LogP contribution in [0.15, 0.2) is 12.1 Å². The van der Waals surface area contributed by atoms with E-state index in [0.29, 0.717) is 22.9 Å². The van der Waals surface area contributed by atoms with Crippen LogP contribution in [0, 0.1) is 0 Å². The number of amides is 1. The monoisotopic (exact) mass is 388 g/mol. The van der Waals surface area contributed by atoms with Crippen LogP contribution in [0.3, 0.4) is 0 Å². The molecule has 0 aliphatic heterocycles. The number of methoxy groups -OCH3 is 3. The van der Waals surface area contributed by atoms with E-state index in [-0.39, 0.29) is 18.9 Å². The summed E-state index contributed by atoms with van der Waals surface area (Å²) in [4.78, 5) is 12.3.